The van der Waals surface area contributed by atoms with E-state index in [4.69, 9.17) is 0 Å². The van der Waals surface area contributed by atoms with Crippen LogP contribution < -0.4 is 10.2 Å². The van der Waals surface area contributed by atoms with Crippen molar-refractivity contribution in [2.45, 2.75) is 26.2 Å². The van der Waals surface area contributed by atoms with E-state index in [9.17, 15) is 4.79 Å². The highest BCUT2D eigenvalue weighted by Gasteiger charge is 2.32. The lowest BCUT2D eigenvalue weighted by Crippen LogP contribution is -2.44. The number of hydrogen-bond donors (Lipinski definition) is 1. The summed E-state index contributed by atoms with van der Waals surface area (Å²) in [6, 6.07) is 6.44. The molecular formula is C16H22N2O. The van der Waals surface area contributed by atoms with E-state index in [2.05, 4.69) is 35.3 Å². The summed E-state index contributed by atoms with van der Waals surface area (Å²) >= 11 is 0. The lowest BCUT2D eigenvalue weighted by Gasteiger charge is -2.31. The van der Waals surface area contributed by atoms with Crippen molar-refractivity contribution in [1.82, 2.24) is 5.32 Å². The summed E-state index contributed by atoms with van der Waals surface area (Å²) in [4.78, 5) is 14.8. The van der Waals surface area contributed by atoms with Crippen molar-refractivity contribution in [3.05, 3.63) is 29.3 Å². The number of carbonyl (C=O) groups is 1. The molecule has 0 aromatic heterocycles. The van der Waals surface area contributed by atoms with Gasteiger partial charge >= 0.3 is 0 Å². The highest BCUT2D eigenvalue weighted by atomic mass is 16.1. The first-order chi connectivity index (χ1) is 9.29. The van der Waals surface area contributed by atoms with E-state index in [0.717, 1.165) is 56.7 Å². The molecule has 1 aromatic rings. The third-order valence-corrected chi connectivity index (χ3v) is 4.14. The molecule has 2 aliphatic rings. The van der Waals surface area contributed by atoms with Gasteiger partial charge < -0.3 is 10.2 Å². The summed E-state index contributed by atoms with van der Waals surface area (Å²) in [7, 11) is 0. The Labute approximate surface area is 115 Å². The summed E-state index contributed by atoms with van der Waals surface area (Å²) in [6.07, 6.45) is 3.15. The zero-order chi connectivity index (χ0) is 13.2. The van der Waals surface area contributed by atoms with Gasteiger partial charge in [-0.2, -0.15) is 0 Å². The van der Waals surface area contributed by atoms with Crippen molar-refractivity contribution in [3.8, 4) is 0 Å². The molecule has 3 nitrogen and oxygen atoms in total. The number of hydrogen-bond acceptors (Lipinski definition) is 3. The Bertz CT molecular complexity index is 474. The molecule has 0 radical (unpaired) electrons. The number of rotatable bonds is 4. The fourth-order valence-corrected chi connectivity index (χ4v) is 2.75. The largest absolute Gasteiger partial charge is 0.368 e. The number of nitrogens with zero attached hydrogens (tertiary/aromatic N) is 1. The normalized spacial score (nSPS) is 19.5. The molecule has 1 aromatic carbocycles. The quantitative estimate of drug-likeness (QED) is 0.841. The molecule has 1 N–H and O–H groups in total. The molecule has 0 bridgehead atoms. The predicted molar refractivity (Wildman–Crippen MR) is 78.0 cm³/mol. The number of piperazine rings is 1. The van der Waals surface area contributed by atoms with Gasteiger partial charge in [-0.05, 0) is 37.0 Å². The van der Waals surface area contributed by atoms with Gasteiger partial charge in [-0.3, -0.25) is 4.79 Å². The number of nitrogens with one attached hydrogen (secondary N) is 1. The van der Waals surface area contributed by atoms with E-state index in [-0.39, 0.29) is 0 Å². The van der Waals surface area contributed by atoms with Crippen LogP contribution in [0.2, 0.25) is 0 Å². The molecule has 2 fully saturated rings. The zero-order valence-electron chi connectivity index (χ0n) is 11.6. The average Bonchev–Trinajstić information content (AvgIpc) is 3.31. The van der Waals surface area contributed by atoms with Gasteiger partial charge in [-0.25, -0.2) is 0 Å². The van der Waals surface area contributed by atoms with Crippen LogP contribution in [-0.4, -0.2) is 32.0 Å². The lowest BCUT2D eigenvalue weighted by atomic mass is 9.99. The van der Waals surface area contributed by atoms with Crippen LogP contribution >= 0.6 is 0 Å². The van der Waals surface area contributed by atoms with Crippen LogP contribution in [-0.2, 0) is 6.42 Å². The molecule has 1 aliphatic heterocycles. The highest BCUT2D eigenvalue weighted by molar-refractivity contribution is 6.04. The summed E-state index contributed by atoms with van der Waals surface area (Å²) in [5.41, 5.74) is 3.38. The zero-order valence-corrected chi connectivity index (χ0v) is 11.6. The second-order valence-electron chi connectivity index (χ2n) is 5.58. The van der Waals surface area contributed by atoms with Gasteiger partial charge in [0.05, 0.1) is 0 Å². The molecule has 1 aliphatic carbocycles. The fraction of sp³-hybridized carbons (Fsp3) is 0.562. The third-order valence-electron chi connectivity index (χ3n) is 4.14. The average molecular weight is 258 g/mol. The van der Waals surface area contributed by atoms with Crippen molar-refractivity contribution in [2.24, 2.45) is 5.92 Å². The second-order valence-corrected chi connectivity index (χ2v) is 5.58. The lowest BCUT2D eigenvalue weighted by molar-refractivity contribution is 0.0968. The van der Waals surface area contributed by atoms with Crippen LogP contribution in [0.5, 0.6) is 0 Å². The van der Waals surface area contributed by atoms with Gasteiger partial charge in [0.15, 0.2) is 5.78 Å². The van der Waals surface area contributed by atoms with E-state index >= 15 is 0 Å². The summed E-state index contributed by atoms with van der Waals surface area (Å²) in [5, 5.41) is 3.36. The Morgan fingerprint density at radius 1 is 1.32 bits per heavy atom. The molecule has 102 valence electrons. The van der Waals surface area contributed by atoms with E-state index < -0.39 is 0 Å². The van der Waals surface area contributed by atoms with E-state index in [0.29, 0.717) is 11.7 Å². The van der Waals surface area contributed by atoms with Crippen LogP contribution in [0, 0.1) is 5.92 Å². The summed E-state index contributed by atoms with van der Waals surface area (Å²) in [5.74, 6) is 0.664. The van der Waals surface area contributed by atoms with Crippen LogP contribution in [0.25, 0.3) is 0 Å². The number of ketones is 1. The number of anilines is 1. The van der Waals surface area contributed by atoms with Crippen molar-refractivity contribution >= 4 is 11.5 Å². The van der Waals surface area contributed by atoms with Gasteiger partial charge in [0.2, 0.25) is 0 Å². The number of benzene rings is 1. The first-order valence-corrected chi connectivity index (χ1v) is 7.42. The Balaban J connectivity index is 1.94. The van der Waals surface area contributed by atoms with Crippen LogP contribution in [0.1, 0.15) is 35.7 Å². The number of carbonyl (C=O) groups excluding carboxylic acids is 1. The minimum absolute atomic E-state index is 0.300. The van der Waals surface area contributed by atoms with E-state index in [1.54, 1.807) is 0 Å². The molecule has 1 heterocycles. The van der Waals surface area contributed by atoms with E-state index in [1.165, 1.54) is 5.56 Å². The summed E-state index contributed by atoms with van der Waals surface area (Å²) in [6.45, 7) is 6.15. The molecule has 0 atom stereocenters. The first kappa shape index (κ1) is 12.7. The van der Waals surface area contributed by atoms with E-state index in [1.807, 2.05) is 0 Å². The van der Waals surface area contributed by atoms with Crippen molar-refractivity contribution in [1.29, 1.82) is 0 Å². The van der Waals surface area contributed by atoms with Crippen LogP contribution in [0.4, 0.5) is 5.69 Å². The van der Waals surface area contributed by atoms with Gasteiger partial charge in [0.25, 0.3) is 0 Å². The standard InChI is InChI=1S/C16H22N2O/c1-2-12-3-6-15(18-9-7-17-8-10-18)14(11-12)16(19)13-4-5-13/h3,6,11,13,17H,2,4-5,7-10H2,1H3. The molecule has 0 amide bonds. The number of aryl methyl sites for hydroxylation is 1. The molecule has 0 unspecified atom stereocenters. The van der Waals surface area contributed by atoms with Crippen molar-refractivity contribution in [2.75, 3.05) is 31.1 Å². The molecule has 19 heavy (non-hydrogen) atoms. The second kappa shape index (κ2) is 5.33. The molecular weight excluding hydrogens is 236 g/mol. The Hall–Kier alpha value is -1.35. The molecule has 3 heteroatoms. The SMILES string of the molecule is CCc1ccc(N2CCNCC2)c(C(=O)C2CC2)c1. The fourth-order valence-electron chi connectivity index (χ4n) is 2.75. The first-order valence-electron chi connectivity index (χ1n) is 7.42. The van der Waals surface area contributed by atoms with Gasteiger partial charge in [0, 0.05) is 43.3 Å². The maximum absolute atomic E-state index is 12.5. The van der Waals surface area contributed by atoms with Crippen molar-refractivity contribution in [3.63, 3.8) is 0 Å². The Kier molecular flexibility index (Phi) is 3.56. The Morgan fingerprint density at radius 2 is 2.05 bits per heavy atom. The Morgan fingerprint density at radius 3 is 2.68 bits per heavy atom. The maximum atomic E-state index is 12.5. The van der Waals surface area contributed by atoms with Gasteiger partial charge in [-0.1, -0.05) is 13.0 Å². The van der Waals surface area contributed by atoms with Crippen LogP contribution in [0.15, 0.2) is 18.2 Å². The van der Waals surface area contributed by atoms with Gasteiger partial charge in [0.1, 0.15) is 0 Å². The molecule has 0 spiro atoms. The van der Waals surface area contributed by atoms with Crippen LogP contribution in [0.3, 0.4) is 0 Å². The minimum Gasteiger partial charge on any atom is -0.368 e. The van der Waals surface area contributed by atoms with Gasteiger partial charge in [-0.15, -0.1) is 0 Å². The topological polar surface area (TPSA) is 32.3 Å². The molecule has 3 rings (SSSR count). The number of Topliss-reactive ketones (excluding diaryl/α,β-unsaturated/α-hetero) is 1. The monoisotopic (exact) mass is 258 g/mol. The summed E-state index contributed by atoms with van der Waals surface area (Å²) < 4.78 is 0. The molecule has 1 saturated carbocycles. The third kappa shape index (κ3) is 2.66. The molecule has 1 saturated heterocycles. The smallest absolute Gasteiger partial charge is 0.168 e. The van der Waals surface area contributed by atoms with Crippen molar-refractivity contribution < 1.29 is 4.79 Å². The highest BCUT2D eigenvalue weighted by Crippen LogP contribution is 2.36. The minimum atomic E-state index is 0.300. The maximum Gasteiger partial charge on any atom is 0.168 e. The predicted octanol–water partition coefficient (Wildman–Crippen LogP) is 2.25.